The molecule has 0 saturated heterocycles. The molecule has 0 aliphatic carbocycles. The third-order valence-electron chi connectivity index (χ3n) is 1.00. The third kappa shape index (κ3) is 3.39. The van der Waals surface area contributed by atoms with E-state index in [4.69, 9.17) is 13.9 Å². The van der Waals surface area contributed by atoms with Gasteiger partial charge in [-0.25, -0.2) is 0 Å². The Labute approximate surface area is 88.7 Å². The predicted octanol–water partition coefficient (Wildman–Crippen LogP) is -4.32. The smallest absolute Gasteiger partial charge is 0.491 e. The van der Waals surface area contributed by atoms with Crippen molar-refractivity contribution in [2.24, 2.45) is 0 Å². The maximum atomic E-state index is 5.10. The van der Waals surface area contributed by atoms with Crippen LogP contribution in [0.25, 0.3) is 0 Å². The van der Waals surface area contributed by atoms with Gasteiger partial charge in [0.15, 0.2) is 0 Å². The van der Waals surface area contributed by atoms with Crippen molar-refractivity contribution < 1.29 is 13.9 Å². The Kier molecular flexibility index (Phi) is 7.20. The molecule has 0 amide bonds. The highest BCUT2D eigenvalue weighted by Crippen LogP contribution is 2.02. The van der Waals surface area contributed by atoms with Gasteiger partial charge in [0.25, 0.3) is 0 Å². The van der Waals surface area contributed by atoms with Gasteiger partial charge in [-0.05, 0) is 0 Å². The van der Waals surface area contributed by atoms with Crippen LogP contribution >= 0.6 is 0 Å². The minimum Gasteiger partial charge on any atom is -0.491 e. The Morgan fingerprint density at radius 2 is 0.889 bits per heavy atom. The molecular formula is H8Al4O4Si. The molecule has 0 aliphatic rings. The van der Waals surface area contributed by atoms with Crippen LogP contribution in [0.2, 0.25) is 0 Å². The highest BCUT2D eigenvalue weighted by atomic mass is 28.4. The van der Waals surface area contributed by atoms with Crippen LogP contribution in [0.15, 0.2) is 0 Å². The molecule has 9 heteroatoms. The Bertz CT molecular complexity index is 55.5. The summed E-state index contributed by atoms with van der Waals surface area (Å²) < 4.78 is 20.4. The zero-order chi connectivity index (χ0) is 7.33. The Morgan fingerprint density at radius 1 is 0.667 bits per heavy atom. The van der Waals surface area contributed by atoms with E-state index in [1.165, 1.54) is 0 Å². The topological polar surface area (TPSA) is 36.9 Å². The summed E-state index contributed by atoms with van der Waals surface area (Å²) in [6.07, 6.45) is 0. The maximum absolute atomic E-state index is 5.10. The molecular weight excluding hydrogens is 200 g/mol. The van der Waals surface area contributed by atoms with Gasteiger partial charge in [0.1, 0.15) is 0 Å². The van der Waals surface area contributed by atoms with Gasteiger partial charge in [0, 0.05) is 0 Å². The predicted molar refractivity (Wildman–Crippen MR) is 44.3 cm³/mol. The van der Waals surface area contributed by atoms with E-state index in [1.807, 2.05) is 0 Å². The van der Waals surface area contributed by atoms with Crippen LogP contribution in [0, 0.1) is 0 Å². The first-order chi connectivity index (χ1) is 4.24. The third-order valence-corrected chi connectivity index (χ3v) is 9.00. The van der Waals surface area contributed by atoms with E-state index in [9.17, 15) is 0 Å². The van der Waals surface area contributed by atoms with Crippen LogP contribution in [0.1, 0.15) is 0 Å². The van der Waals surface area contributed by atoms with Crippen LogP contribution in [0.5, 0.6) is 0 Å². The second kappa shape index (κ2) is 5.79. The highest BCUT2D eigenvalue weighted by molar-refractivity contribution is 6.66. The summed E-state index contributed by atoms with van der Waals surface area (Å²) in [5.41, 5.74) is 0. The quantitative estimate of drug-likeness (QED) is 0.438. The molecule has 0 N–H and O–H groups in total. The van der Waals surface area contributed by atoms with Crippen molar-refractivity contribution in [2.75, 3.05) is 0 Å². The average molecular weight is 208 g/mol. The molecule has 0 aromatic rings. The van der Waals surface area contributed by atoms with Gasteiger partial charge < -0.3 is 13.9 Å². The van der Waals surface area contributed by atoms with E-state index in [-0.39, 0.29) is 0 Å². The van der Waals surface area contributed by atoms with Gasteiger partial charge >= 0.3 is 75.5 Å². The SMILES string of the molecule is [AlH2][O][Si]([O][AlH2])([O][AlH2])[O][AlH2]. The van der Waals surface area contributed by atoms with Crippen molar-refractivity contribution >= 4 is 75.5 Å². The summed E-state index contributed by atoms with van der Waals surface area (Å²) in [5, 5.41) is 0. The van der Waals surface area contributed by atoms with E-state index in [2.05, 4.69) is 0 Å². The number of hydrogen-bond acceptors (Lipinski definition) is 4. The van der Waals surface area contributed by atoms with E-state index >= 15 is 0 Å². The molecule has 0 saturated carbocycles. The van der Waals surface area contributed by atoms with Gasteiger partial charge in [-0.3, -0.25) is 0 Å². The maximum Gasteiger partial charge on any atom is 0.558 e. The second-order valence-corrected chi connectivity index (χ2v) is 8.85. The molecule has 0 heterocycles. The number of hydrogen-bond donors (Lipinski definition) is 0. The van der Waals surface area contributed by atoms with Gasteiger partial charge in [0.05, 0.1) is 0 Å². The van der Waals surface area contributed by atoms with Crippen molar-refractivity contribution in [1.29, 1.82) is 0 Å². The first-order valence-electron chi connectivity index (χ1n) is 2.45. The molecule has 9 heavy (non-hydrogen) atoms. The van der Waals surface area contributed by atoms with Gasteiger partial charge in [0.2, 0.25) is 0 Å². The van der Waals surface area contributed by atoms with Crippen LogP contribution in [0.3, 0.4) is 0 Å². The number of rotatable bonds is 4. The molecule has 4 nitrogen and oxygen atoms in total. The van der Waals surface area contributed by atoms with Crippen molar-refractivity contribution in [3.63, 3.8) is 0 Å². The highest BCUT2D eigenvalue weighted by Gasteiger charge is 2.32. The van der Waals surface area contributed by atoms with Crippen LogP contribution < -0.4 is 0 Å². The Balaban J connectivity index is 3.82. The molecule has 0 aromatic carbocycles. The first kappa shape index (κ1) is 11.2. The largest absolute Gasteiger partial charge is 0.558 e. The second-order valence-electron chi connectivity index (χ2n) is 1.32. The Morgan fingerprint density at radius 3 is 0.889 bits per heavy atom. The lowest BCUT2D eigenvalue weighted by Crippen LogP contribution is -2.46. The summed E-state index contributed by atoms with van der Waals surface area (Å²) in [7, 11) is -2.44. The fourth-order valence-electron chi connectivity index (χ4n) is 0.500. The van der Waals surface area contributed by atoms with Crippen LogP contribution in [-0.4, -0.2) is 75.5 Å². The fourth-order valence-corrected chi connectivity index (χ4v) is 13.5. The normalized spacial score (nSPS) is 11.6. The van der Waals surface area contributed by atoms with E-state index < -0.39 is 9.05 Å². The average Bonchev–Trinajstić information content (AvgIpc) is 1.95. The molecule has 48 valence electrons. The molecule has 0 radical (unpaired) electrons. The van der Waals surface area contributed by atoms with Crippen molar-refractivity contribution in [1.82, 2.24) is 0 Å². The van der Waals surface area contributed by atoms with Crippen LogP contribution in [0.4, 0.5) is 0 Å². The van der Waals surface area contributed by atoms with E-state index in [0.29, 0.717) is 66.5 Å². The lowest BCUT2D eigenvalue weighted by Gasteiger charge is -2.27. The van der Waals surface area contributed by atoms with Crippen molar-refractivity contribution in [2.45, 2.75) is 0 Å². The van der Waals surface area contributed by atoms with Gasteiger partial charge in [-0.1, -0.05) is 0 Å². The summed E-state index contributed by atoms with van der Waals surface area (Å²) in [5.74, 6) is 0. The van der Waals surface area contributed by atoms with Crippen molar-refractivity contribution in [3.05, 3.63) is 0 Å². The first-order valence-corrected chi connectivity index (χ1v) is 7.35. The molecule has 0 bridgehead atoms. The summed E-state index contributed by atoms with van der Waals surface area (Å²) in [4.78, 5) is 0. The molecule has 0 unspecified atom stereocenters. The molecule has 0 aromatic heterocycles. The Hall–Kier alpha value is 2.19. The van der Waals surface area contributed by atoms with E-state index in [1.54, 1.807) is 0 Å². The standard InChI is InChI=1S/4Al.O4Si.8H/c;;;;1-5(2,3)4;;;;;;;;/q4*+1;-4;;;;;;;;. The van der Waals surface area contributed by atoms with E-state index in [0.717, 1.165) is 0 Å². The van der Waals surface area contributed by atoms with Gasteiger partial charge in [-0.15, -0.1) is 0 Å². The summed E-state index contributed by atoms with van der Waals surface area (Å²) in [6, 6.07) is 0. The molecule has 0 fully saturated rings. The zero-order valence-electron chi connectivity index (χ0n) is 6.13. The fraction of sp³-hybridized carbons (Fsp3) is 0. The summed E-state index contributed by atoms with van der Waals surface area (Å²) in [6.45, 7) is 0. The minimum atomic E-state index is -2.44. The summed E-state index contributed by atoms with van der Waals surface area (Å²) >= 11 is 2.51. The van der Waals surface area contributed by atoms with Crippen molar-refractivity contribution in [3.8, 4) is 0 Å². The monoisotopic (exact) mass is 208 g/mol. The molecule has 0 atom stereocenters. The van der Waals surface area contributed by atoms with Gasteiger partial charge in [-0.2, -0.15) is 0 Å². The zero-order valence-corrected chi connectivity index (χ0v) is 15.1. The lowest BCUT2D eigenvalue weighted by molar-refractivity contribution is 0.189. The van der Waals surface area contributed by atoms with Crippen LogP contribution in [-0.2, 0) is 13.9 Å². The lowest BCUT2D eigenvalue weighted by atomic mass is 15.6. The minimum absolute atomic E-state index is 0.628. The molecule has 0 spiro atoms. The molecule has 0 rings (SSSR count). The molecule has 0 aliphatic heterocycles.